The van der Waals surface area contributed by atoms with Crippen LogP contribution in [0.1, 0.15) is 29.4 Å². The number of nitrogens with two attached hydrogens (primary N) is 2. The fourth-order valence-electron chi connectivity index (χ4n) is 1.73. The summed E-state index contributed by atoms with van der Waals surface area (Å²) in [6, 6.07) is 2.34. The molecule has 1 aliphatic carbocycles. The van der Waals surface area contributed by atoms with Crippen LogP contribution in [0.3, 0.4) is 0 Å². The molecule has 0 aromatic carbocycles. The van der Waals surface area contributed by atoms with E-state index in [9.17, 15) is 4.79 Å². The van der Waals surface area contributed by atoms with Crippen LogP contribution in [-0.4, -0.2) is 11.9 Å². The van der Waals surface area contributed by atoms with Gasteiger partial charge in [-0.1, -0.05) is 13.3 Å². The molecule has 0 spiro atoms. The molecule has 82 valence electrons. The highest BCUT2D eigenvalue weighted by molar-refractivity contribution is 7.18. The van der Waals surface area contributed by atoms with Gasteiger partial charge < -0.3 is 16.8 Å². The van der Waals surface area contributed by atoms with Gasteiger partial charge in [0.05, 0.1) is 10.7 Å². The molecule has 2 rings (SSSR count). The number of nitrogen functional groups attached to an aromatic ring is 1. The van der Waals surface area contributed by atoms with Gasteiger partial charge in [0.2, 0.25) is 0 Å². The molecular weight excluding hydrogens is 210 g/mol. The summed E-state index contributed by atoms with van der Waals surface area (Å²) in [4.78, 5) is 11.4. The van der Waals surface area contributed by atoms with Gasteiger partial charge >= 0.3 is 0 Å². The van der Waals surface area contributed by atoms with E-state index in [0.29, 0.717) is 16.6 Å². The average Bonchev–Trinajstić information content (AvgIpc) is 2.81. The zero-order valence-corrected chi connectivity index (χ0v) is 9.43. The van der Waals surface area contributed by atoms with Crippen LogP contribution in [0.25, 0.3) is 0 Å². The van der Waals surface area contributed by atoms with Crippen LogP contribution in [0.15, 0.2) is 6.07 Å². The number of carbonyl (C=O) groups excluding carboxylic acids is 1. The Morgan fingerprint density at radius 2 is 2.47 bits per heavy atom. The fourth-order valence-corrected chi connectivity index (χ4v) is 2.62. The zero-order valence-electron chi connectivity index (χ0n) is 8.62. The van der Waals surface area contributed by atoms with Gasteiger partial charge in [0.25, 0.3) is 5.91 Å². The van der Waals surface area contributed by atoms with E-state index in [0.717, 1.165) is 10.9 Å². The Kier molecular flexibility index (Phi) is 2.56. The Morgan fingerprint density at radius 1 is 1.73 bits per heavy atom. The molecule has 1 saturated carbocycles. The maximum atomic E-state index is 11.0. The molecule has 5 N–H and O–H groups in total. The summed E-state index contributed by atoms with van der Waals surface area (Å²) >= 11 is 1.34. The maximum absolute atomic E-state index is 11.0. The number of primary amides is 1. The lowest BCUT2D eigenvalue weighted by Gasteiger charge is -1.99. The molecular formula is C10H15N3OS. The molecule has 2 unspecified atom stereocenters. The molecule has 15 heavy (non-hydrogen) atoms. The molecule has 1 aromatic heterocycles. The van der Waals surface area contributed by atoms with Gasteiger partial charge in [0.1, 0.15) is 4.88 Å². The van der Waals surface area contributed by atoms with Crippen LogP contribution in [-0.2, 0) is 0 Å². The van der Waals surface area contributed by atoms with Crippen molar-refractivity contribution in [2.45, 2.75) is 25.8 Å². The first-order chi connectivity index (χ1) is 7.11. The van der Waals surface area contributed by atoms with Crippen molar-refractivity contribution in [1.82, 2.24) is 0 Å². The molecule has 0 aliphatic heterocycles. The summed E-state index contributed by atoms with van der Waals surface area (Å²) < 4.78 is 0. The largest absolute Gasteiger partial charge is 0.397 e. The molecule has 5 heteroatoms. The summed E-state index contributed by atoms with van der Waals surface area (Å²) in [5.41, 5.74) is 11.3. The lowest BCUT2D eigenvalue weighted by molar-refractivity contribution is 0.100. The first-order valence-electron chi connectivity index (χ1n) is 5.07. The lowest BCUT2D eigenvalue weighted by atomic mass is 10.3. The number of hydrogen-bond acceptors (Lipinski definition) is 4. The van der Waals surface area contributed by atoms with Crippen molar-refractivity contribution in [3.05, 3.63) is 10.9 Å². The van der Waals surface area contributed by atoms with Gasteiger partial charge in [-0.05, 0) is 18.4 Å². The van der Waals surface area contributed by atoms with Gasteiger partial charge in [-0.2, -0.15) is 0 Å². The predicted octanol–water partition coefficient (Wildman–Crippen LogP) is 1.64. The SMILES string of the molecule is CCC1CC1Nc1cc(N)c(C(N)=O)s1. The van der Waals surface area contributed by atoms with Gasteiger partial charge in [0.15, 0.2) is 0 Å². The van der Waals surface area contributed by atoms with Crippen molar-refractivity contribution in [1.29, 1.82) is 0 Å². The summed E-state index contributed by atoms with van der Waals surface area (Å²) in [7, 11) is 0. The third-order valence-corrected chi connectivity index (χ3v) is 3.86. The normalized spacial score (nSPS) is 23.8. The maximum Gasteiger partial charge on any atom is 0.260 e. The molecule has 1 aromatic rings. The Bertz CT molecular complexity index is 388. The number of thiophene rings is 1. The molecule has 0 saturated heterocycles. The van der Waals surface area contributed by atoms with Crippen LogP contribution >= 0.6 is 11.3 Å². The van der Waals surface area contributed by atoms with Crippen LogP contribution in [0, 0.1) is 5.92 Å². The minimum atomic E-state index is -0.451. The van der Waals surface area contributed by atoms with E-state index in [-0.39, 0.29) is 0 Å². The van der Waals surface area contributed by atoms with Crippen molar-refractivity contribution in [3.63, 3.8) is 0 Å². The first-order valence-corrected chi connectivity index (χ1v) is 5.89. The number of anilines is 2. The van der Waals surface area contributed by atoms with E-state index in [1.807, 2.05) is 0 Å². The third-order valence-electron chi connectivity index (χ3n) is 2.76. The first kappa shape index (κ1) is 10.3. The van der Waals surface area contributed by atoms with Crippen LogP contribution in [0.2, 0.25) is 0 Å². The smallest absolute Gasteiger partial charge is 0.260 e. The van der Waals surface area contributed by atoms with E-state index < -0.39 is 5.91 Å². The van der Waals surface area contributed by atoms with E-state index >= 15 is 0 Å². The second-order valence-electron chi connectivity index (χ2n) is 3.91. The molecule has 1 heterocycles. The highest BCUT2D eigenvalue weighted by Gasteiger charge is 2.35. The molecule has 0 radical (unpaired) electrons. The predicted molar refractivity (Wildman–Crippen MR) is 63.1 cm³/mol. The second-order valence-corrected chi connectivity index (χ2v) is 4.97. The van der Waals surface area contributed by atoms with Crippen LogP contribution in [0.5, 0.6) is 0 Å². The van der Waals surface area contributed by atoms with Crippen LogP contribution in [0.4, 0.5) is 10.7 Å². The van der Waals surface area contributed by atoms with Crippen LogP contribution < -0.4 is 16.8 Å². The number of nitrogens with one attached hydrogen (secondary N) is 1. The second kappa shape index (κ2) is 3.73. The van der Waals surface area contributed by atoms with Gasteiger partial charge in [0, 0.05) is 6.04 Å². The monoisotopic (exact) mass is 225 g/mol. The van der Waals surface area contributed by atoms with Crippen molar-refractivity contribution in [3.8, 4) is 0 Å². The minimum absolute atomic E-state index is 0.450. The molecule has 1 fully saturated rings. The Morgan fingerprint density at radius 3 is 2.93 bits per heavy atom. The highest BCUT2D eigenvalue weighted by Crippen LogP contribution is 2.38. The standard InChI is InChI=1S/C10H15N3OS/c1-2-5-3-7(5)13-8-4-6(11)9(15-8)10(12)14/h4-5,7,13H,2-3,11H2,1H3,(H2,12,14). The van der Waals surface area contributed by atoms with Gasteiger partial charge in [-0.3, -0.25) is 4.79 Å². The van der Waals surface area contributed by atoms with Crippen molar-refractivity contribution >= 4 is 27.9 Å². The summed E-state index contributed by atoms with van der Waals surface area (Å²) in [6.45, 7) is 2.18. The average molecular weight is 225 g/mol. The Hall–Kier alpha value is -1.23. The van der Waals surface area contributed by atoms with Crippen molar-refractivity contribution < 1.29 is 4.79 Å². The third kappa shape index (κ3) is 2.07. The van der Waals surface area contributed by atoms with Gasteiger partial charge in [-0.25, -0.2) is 0 Å². The minimum Gasteiger partial charge on any atom is -0.397 e. The molecule has 2 atom stereocenters. The lowest BCUT2D eigenvalue weighted by Crippen LogP contribution is -2.10. The molecule has 0 bridgehead atoms. The van der Waals surface area contributed by atoms with E-state index in [1.54, 1.807) is 6.07 Å². The Balaban J connectivity index is 2.04. The summed E-state index contributed by atoms with van der Waals surface area (Å²) in [5, 5.41) is 4.31. The topological polar surface area (TPSA) is 81.1 Å². The fraction of sp³-hybridized carbons (Fsp3) is 0.500. The van der Waals surface area contributed by atoms with Crippen molar-refractivity contribution in [2.75, 3.05) is 11.1 Å². The number of amides is 1. The summed E-state index contributed by atoms with van der Waals surface area (Å²) in [5.74, 6) is 0.318. The molecule has 1 aliphatic rings. The Labute approximate surface area is 92.6 Å². The van der Waals surface area contributed by atoms with Gasteiger partial charge in [-0.15, -0.1) is 11.3 Å². The number of rotatable bonds is 4. The number of hydrogen-bond donors (Lipinski definition) is 3. The molecule has 1 amide bonds. The highest BCUT2D eigenvalue weighted by atomic mass is 32.1. The van der Waals surface area contributed by atoms with Crippen molar-refractivity contribution in [2.24, 2.45) is 11.7 Å². The quantitative estimate of drug-likeness (QED) is 0.728. The summed E-state index contributed by atoms with van der Waals surface area (Å²) in [6.07, 6.45) is 2.40. The van der Waals surface area contributed by atoms with E-state index in [4.69, 9.17) is 11.5 Å². The van der Waals surface area contributed by atoms with E-state index in [2.05, 4.69) is 12.2 Å². The van der Waals surface area contributed by atoms with E-state index in [1.165, 1.54) is 24.2 Å². The molecule has 4 nitrogen and oxygen atoms in total. The number of carbonyl (C=O) groups is 1. The zero-order chi connectivity index (χ0) is 11.0.